The van der Waals surface area contributed by atoms with Gasteiger partial charge in [-0.3, -0.25) is 4.72 Å². The first-order valence-electron chi connectivity index (χ1n) is 5.90. The number of thiophene rings is 1. The minimum atomic E-state index is -3.58. The van der Waals surface area contributed by atoms with Crippen LogP contribution in [0.1, 0.15) is 10.4 Å². The van der Waals surface area contributed by atoms with Crippen molar-refractivity contribution in [2.75, 3.05) is 11.3 Å². The summed E-state index contributed by atoms with van der Waals surface area (Å²) in [5, 5.41) is 8.86. The van der Waals surface area contributed by atoms with Crippen LogP contribution in [0.4, 0.5) is 5.69 Å². The molecule has 0 unspecified atom stereocenters. The second-order valence-corrected chi connectivity index (χ2v) is 8.31. The van der Waals surface area contributed by atoms with Gasteiger partial charge in [0.1, 0.15) is 4.21 Å². The number of aryl methyl sites for hydroxylation is 1. The quantitative estimate of drug-likeness (QED) is 0.843. The molecule has 4 nitrogen and oxygen atoms in total. The van der Waals surface area contributed by atoms with Crippen molar-refractivity contribution >= 4 is 43.0 Å². The maximum absolute atomic E-state index is 12.3. The number of aliphatic hydroxyl groups excluding tert-OH is 1. The normalized spacial score (nSPS) is 11.6. The van der Waals surface area contributed by atoms with Crippen LogP contribution >= 0.6 is 27.3 Å². The second kappa shape index (κ2) is 6.26. The Morgan fingerprint density at radius 1 is 1.30 bits per heavy atom. The third-order valence-corrected chi connectivity index (χ3v) is 6.03. The van der Waals surface area contributed by atoms with Gasteiger partial charge in [-0.05, 0) is 42.8 Å². The van der Waals surface area contributed by atoms with E-state index >= 15 is 0 Å². The summed E-state index contributed by atoms with van der Waals surface area (Å²) in [6.07, 6.45) is 0.468. The molecule has 20 heavy (non-hydrogen) atoms. The Balaban J connectivity index is 2.25. The van der Waals surface area contributed by atoms with Crippen molar-refractivity contribution in [3.05, 3.63) is 45.2 Å². The summed E-state index contributed by atoms with van der Waals surface area (Å²) >= 11 is 4.51. The van der Waals surface area contributed by atoms with Gasteiger partial charge in [0.25, 0.3) is 10.0 Å². The second-order valence-electron chi connectivity index (χ2n) is 4.32. The number of rotatable bonds is 5. The number of aliphatic hydroxyl groups is 1. The van der Waals surface area contributed by atoms with Gasteiger partial charge in [-0.1, -0.05) is 15.9 Å². The molecule has 108 valence electrons. The Hall–Kier alpha value is -0.890. The molecule has 7 heteroatoms. The van der Waals surface area contributed by atoms with E-state index in [9.17, 15) is 8.42 Å². The molecular weight excluding hydrogens is 362 g/mol. The Bertz CT molecular complexity index is 690. The van der Waals surface area contributed by atoms with Gasteiger partial charge in [0.2, 0.25) is 0 Å². The average Bonchev–Trinajstić information content (AvgIpc) is 2.76. The predicted octanol–water partition coefficient (Wildman–Crippen LogP) is 3.15. The molecule has 0 aliphatic carbocycles. The van der Waals surface area contributed by atoms with Crippen molar-refractivity contribution in [2.45, 2.75) is 17.6 Å². The van der Waals surface area contributed by atoms with Gasteiger partial charge in [0.05, 0.1) is 5.69 Å². The molecule has 0 fully saturated rings. The molecule has 1 aromatic heterocycles. The van der Waals surface area contributed by atoms with E-state index in [1.165, 1.54) is 11.3 Å². The largest absolute Gasteiger partial charge is 0.396 e. The number of hydrogen-bond donors (Lipinski definition) is 2. The number of benzene rings is 1. The van der Waals surface area contributed by atoms with Crippen molar-refractivity contribution in [2.24, 2.45) is 0 Å². The minimum absolute atomic E-state index is 0.0122. The fourth-order valence-corrected chi connectivity index (χ4v) is 4.74. The van der Waals surface area contributed by atoms with Gasteiger partial charge in [-0.2, -0.15) is 0 Å². The summed E-state index contributed by atoms with van der Waals surface area (Å²) in [5.74, 6) is 0. The molecule has 0 saturated carbocycles. The van der Waals surface area contributed by atoms with Crippen LogP contribution in [0.3, 0.4) is 0 Å². The summed E-state index contributed by atoms with van der Waals surface area (Å²) in [5.41, 5.74) is 1.48. The van der Waals surface area contributed by atoms with E-state index in [1.54, 1.807) is 24.3 Å². The van der Waals surface area contributed by atoms with Crippen molar-refractivity contribution < 1.29 is 13.5 Å². The average molecular weight is 376 g/mol. The molecular formula is C13H14BrNO3S2. The molecule has 0 radical (unpaired) electrons. The molecule has 0 spiro atoms. The first-order valence-corrected chi connectivity index (χ1v) is 8.99. The van der Waals surface area contributed by atoms with E-state index in [2.05, 4.69) is 20.7 Å². The molecule has 1 heterocycles. The maximum atomic E-state index is 12.3. The van der Waals surface area contributed by atoms with Crippen LogP contribution in [-0.2, 0) is 16.4 Å². The van der Waals surface area contributed by atoms with Gasteiger partial charge < -0.3 is 5.11 Å². The number of nitrogens with one attached hydrogen (secondary N) is 1. The highest BCUT2D eigenvalue weighted by Crippen LogP contribution is 2.26. The number of anilines is 1. The lowest BCUT2D eigenvalue weighted by Crippen LogP contribution is -2.11. The predicted molar refractivity (Wildman–Crippen MR) is 84.8 cm³/mol. The van der Waals surface area contributed by atoms with Gasteiger partial charge in [-0.15, -0.1) is 11.3 Å². The van der Waals surface area contributed by atoms with Crippen LogP contribution in [0.15, 0.2) is 39.0 Å². The van der Waals surface area contributed by atoms with Crippen LogP contribution in [0.5, 0.6) is 0 Å². The molecule has 0 aliphatic heterocycles. The summed E-state index contributed by atoms with van der Waals surface area (Å²) in [4.78, 5) is 0.846. The van der Waals surface area contributed by atoms with E-state index in [0.717, 1.165) is 14.9 Å². The van der Waals surface area contributed by atoms with Crippen molar-refractivity contribution in [1.29, 1.82) is 0 Å². The van der Waals surface area contributed by atoms with Crippen LogP contribution < -0.4 is 4.72 Å². The highest BCUT2D eigenvalue weighted by molar-refractivity contribution is 9.10. The van der Waals surface area contributed by atoms with Gasteiger partial charge in [0.15, 0.2) is 0 Å². The molecule has 2 aromatic rings. The highest BCUT2D eigenvalue weighted by atomic mass is 79.9. The monoisotopic (exact) mass is 375 g/mol. The van der Waals surface area contributed by atoms with E-state index in [4.69, 9.17) is 5.11 Å². The first-order chi connectivity index (χ1) is 9.40. The molecule has 1 aromatic carbocycles. The van der Waals surface area contributed by atoms with Crippen LogP contribution in [0.25, 0.3) is 0 Å². The summed E-state index contributed by atoms with van der Waals surface area (Å²) in [7, 11) is -3.58. The van der Waals surface area contributed by atoms with Crippen LogP contribution in [-0.4, -0.2) is 20.1 Å². The SMILES string of the molecule is Cc1cc(Br)cc(NS(=O)(=O)c2ccc(CCO)s2)c1. The highest BCUT2D eigenvalue weighted by Gasteiger charge is 2.17. The van der Waals surface area contributed by atoms with Crippen LogP contribution in [0, 0.1) is 6.92 Å². The van der Waals surface area contributed by atoms with E-state index in [-0.39, 0.29) is 10.8 Å². The first kappa shape index (κ1) is 15.5. The smallest absolute Gasteiger partial charge is 0.271 e. The molecule has 0 atom stereocenters. The van der Waals surface area contributed by atoms with Crippen molar-refractivity contribution in [3.63, 3.8) is 0 Å². The number of hydrogen-bond acceptors (Lipinski definition) is 4. The summed E-state index contributed by atoms with van der Waals surface area (Å²) in [6, 6.07) is 8.67. The molecule has 0 aliphatic rings. The molecule has 2 N–H and O–H groups in total. The zero-order valence-corrected chi connectivity index (χ0v) is 14.0. The van der Waals surface area contributed by atoms with E-state index in [1.807, 2.05) is 13.0 Å². The van der Waals surface area contributed by atoms with E-state index < -0.39 is 10.0 Å². The van der Waals surface area contributed by atoms with Crippen LogP contribution in [0.2, 0.25) is 0 Å². The zero-order valence-electron chi connectivity index (χ0n) is 10.8. The van der Waals surface area contributed by atoms with E-state index in [0.29, 0.717) is 12.1 Å². The third-order valence-electron chi connectivity index (χ3n) is 2.55. The van der Waals surface area contributed by atoms with Crippen molar-refractivity contribution in [1.82, 2.24) is 0 Å². The standard InChI is InChI=1S/C13H14BrNO3S2/c1-9-6-10(14)8-11(7-9)15-20(17,18)13-3-2-12(19-13)4-5-16/h2-3,6-8,15-16H,4-5H2,1H3. The summed E-state index contributed by atoms with van der Waals surface area (Å²) in [6.45, 7) is 1.91. The van der Waals surface area contributed by atoms with Gasteiger partial charge in [0, 0.05) is 22.4 Å². The van der Waals surface area contributed by atoms with Gasteiger partial charge in [-0.25, -0.2) is 8.42 Å². The maximum Gasteiger partial charge on any atom is 0.271 e. The Morgan fingerprint density at radius 2 is 2.05 bits per heavy atom. The zero-order chi connectivity index (χ0) is 14.8. The lowest BCUT2D eigenvalue weighted by Gasteiger charge is -2.07. The summed E-state index contributed by atoms with van der Waals surface area (Å²) < 4.78 is 28.2. The fourth-order valence-electron chi connectivity index (χ4n) is 1.75. The Kier molecular flexibility index (Phi) is 4.85. The molecule has 0 amide bonds. The Morgan fingerprint density at radius 3 is 2.70 bits per heavy atom. The fraction of sp³-hybridized carbons (Fsp3) is 0.231. The molecule has 0 bridgehead atoms. The number of halogens is 1. The topological polar surface area (TPSA) is 66.4 Å². The van der Waals surface area contributed by atoms with Gasteiger partial charge >= 0.3 is 0 Å². The molecule has 2 rings (SSSR count). The third kappa shape index (κ3) is 3.82. The van der Waals surface area contributed by atoms with Crippen molar-refractivity contribution in [3.8, 4) is 0 Å². The lowest BCUT2D eigenvalue weighted by molar-refractivity contribution is 0.300. The number of sulfonamides is 1. The molecule has 0 saturated heterocycles. The minimum Gasteiger partial charge on any atom is -0.396 e. The Labute approximate surface area is 130 Å². The lowest BCUT2D eigenvalue weighted by atomic mass is 10.2.